The van der Waals surface area contributed by atoms with Crippen LogP contribution in [0.3, 0.4) is 0 Å². The summed E-state index contributed by atoms with van der Waals surface area (Å²) < 4.78 is 26.6. The fraction of sp³-hybridized carbons (Fsp3) is 0.800. The number of Topliss-reactive ketones (excluding diaryl/α,β-unsaturated/α-hetero) is 1. The molecule has 7 nitrogen and oxygen atoms in total. The van der Waals surface area contributed by atoms with Gasteiger partial charge in [-0.05, 0) is 6.92 Å². The first-order valence-electron chi connectivity index (χ1n) is 3.36. The summed E-state index contributed by atoms with van der Waals surface area (Å²) in [5.74, 6) is -4.61. The molecule has 0 aliphatic heterocycles. The van der Waals surface area contributed by atoms with Crippen molar-refractivity contribution in [2.45, 2.75) is 18.9 Å². The minimum Gasteiger partial charge on any atom is -0.379 e. The highest BCUT2D eigenvalue weighted by Gasteiger charge is 2.41. The molecule has 84 valence electrons. The van der Waals surface area contributed by atoms with Crippen LogP contribution in [0.1, 0.15) is 6.92 Å². The molecule has 0 rings (SSSR count). The SMILES string of the molecule is CC(=O)[C@@H](O)[C@@](O)(F)COP(=O)(O)O. The van der Waals surface area contributed by atoms with Gasteiger partial charge >= 0.3 is 7.82 Å². The lowest BCUT2D eigenvalue weighted by molar-refractivity contribution is -0.191. The highest BCUT2D eigenvalue weighted by Crippen LogP contribution is 2.37. The second kappa shape index (κ2) is 4.43. The highest BCUT2D eigenvalue weighted by atomic mass is 31.2. The summed E-state index contributed by atoms with van der Waals surface area (Å²) in [7, 11) is -4.95. The van der Waals surface area contributed by atoms with Crippen molar-refractivity contribution in [2.75, 3.05) is 6.61 Å². The van der Waals surface area contributed by atoms with Crippen molar-refractivity contribution in [3.05, 3.63) is 0 Å². The van der Waals surface area contributed by atoms with Crippen LogP contribution < -0.4 is 0 Å². The van der Waals surface area contributed by atoms with E-state index in [1.54, 1.807) is 0 Å². The van der Waals surface area contributed by atoms with Gasteiger partial charge in [0, 0.05) is 0 Å². The van der Waals surface area contributed by atoms with Crippen LogP contribution in [0.5, 0.6) is 0 Å². The zero-order valence-corrected chi connectivity index (χ0v) is 8.02. The van der Waals surface area contributed by atoms with Crippen molar-refractivity contribution in [2.24, 2.45) is 0 Å². The number of ketones is 1. The number of halogens is 1. The fourth-order valence-electron chi connectivity index (χ4n) is 0.565. The number of rotatable bonds is 5. The summed E-state index contributed by atoms with van der Waals surface area (Å²) >= 11 is 0. The van der Waals surface area contributed by atoms with Gasteiger partial charge in [-0.3, -0.25) is 9.32 Å². The molecule has 0 fully saturated rings. The number of carbonyl (C=O) groups is 1. The molecule has 0 saturated heterocycles. The first-order chi connectivity index (χ1) is 6.06. The number of alkyl halides is 1. The standard InChI is InChI=1S/C5H10FO7P/c1-3(7)4(8)5(6,9)2-13-14(10,11)12/h4,8-9H,2H2,1H3,(H2,10,11,12)/t4-,5-/m1/s1. The number of aliphatic hydroxyl groups excluding tert-OH is 1. The minimum atomic E-state index is -4.95. The summed E-state index contributed by atoms with van der Waals surface area (Å²) in [6, 6.07) is 0. The van der Waals surface area contributed by atoms with E-state index < -0.39 is 32.2 Å². The molecule has 0 aliphatic carbocycles. The smallest absolute Gasteiger partial charge is 0.379 e. The van der Waals surface area contributed by atoms with E-state index in [1.165, 1.54) is 0 Å². The molecule has 0 radical (unpaired) electrons. The van der Waals surface area contributed by atoms with Gasteiger partial charge in [-0.2, -0.15) is 0 Å². The number of phosphoric ester groups is 1. The lowest BCUT2D eigenvalue weighted by Crippen LogP contribution is -2.45. The Balaban J connectivity index is 4.35. The van der Waals surface area contributed by atoms with E-state index in [1.807, 2.05) is 0 Å². The van der Waals surface area contributed by atoms with Gasteiger partial charge in [-0.25, -0.2) is 8.96 Å². The third-order valence-electron chi connectivity index (χ3n) is 1.24. The Bertz CT molecular complexity index is 259. The number of hydrogen-bond donors (Lipinski definition) is 4. The summed E-state index contributed by atoms with van der Waals surface area (Å²) in [6.07, 6.45) is -2.41. The molecule has 0 heterocycles. The first-order valence-corrected chi connectivity index (χ1v) is 4.89. The van der Waals surface area contributed by atoms with Gasteiger partial charge in [0.05, 0.1) is 0 Å². The molecule has 4 N–H and O–H groups in total. The van der Waals surface area contributed by atoms with Gasteiger partial charge in [0.1, 0.15) is 6.61 Å². The zero-order chi connectivity index (χ0) is 11.6. The Morgan fingerprint density at radius 3 is 2.36 bits per heavy atom. The molecule has 0 aromatic carbocycles. The Labute approximate surface area is 78.4 Å². The van der Waals surface area contributed by atoms with Gasteiger partial charge in [0.2, 0.25) is 0 Å². The van der Waals surface area contributed by atoms with Crippen molar-refractivity contribution in [1.82, 2.24) is 0 Å². The Hall–Kier alpha value is -0.370. The number of carbonyl (C=O) groups excluding carboxylic acids is 1. The topological polar surface area (TPSA) is 124 Å². The molecule has 14 heavy (non-hydrogen) atoms. The van der Waals surface area contributed by atoms with E-state index in [2.05, 4.69) is 4.52 Å². The minimum absolute atomic E-state index is 0.798. The van der Waals surface area contributed by atoms with E-state index in [4.69, 9.17) is 20.0 Å². The van der Waals surface area contributed by atoms with Crippen molar-refractivity contribution in [3.63, 3.8) is 0 Å². The number of phosphoric acid groups is 1. The van der Waals surface area contributed by atoms with Crippen molar-refractivity contribution in [1.29, 1.82) is 0 Å². The molecular formula is C5H10FO7P. The predicted molar refractivity (Wildman–Crippen MR) is 40.7 cm³/mol. The summed E-state index contributed by atoms with van der Waals surface area (Å²) in [4.78, 5) is 26.7. The Morgan fingerprint density at radius 2 is 2.07 bits per heavy atom. The van der Waals surface area contributed by atoms with Crippen LogP contribution in [0, 0.1) is 0 Å². The third-order valence-corrected chi connectivity index (χ3v) is 1.70. The van der Waals surface area contributed by atoms with Gasteiger partial charge in [0.15, 0.2) is 11.9 Å². The summed E-state index contributed by atoms with van der Waals surface area (Å²) in [5.41, 5.74) is 0. The van der Waals surface area contributed by atoms with Crippen molar-refractivity contribution in [3.8, 4) is 0 Å². The van der Waals surface area contributed by atoms with E-state index in [0.29, 0.717) is 0 Å². The Morgan fingerprint density at radius 1 is 1.64 bits per heavy atom. The molecule has 0 amide bonds. The second-order valence-electron chi connectivity index (χ2n) is 2.60. The van der Waals surface area contributed by atoms with Crippen molar-refractivity contribution >= 4 is 13.6 Å². The van der Waals surface area contributed by atoms with E-state index in [0.717, 1.165) is 6.92 Å². The molecule has 0 aromatic heterocycles. The molecule has 0 aromatic rings. The van der Waals surface area contributed by atoms with Crippen LogP contribution >= 0.6 is 7.82 Å². The first kappa shape index (κ1) is 13.6. The van der Waals surface area contributed by atoms with Gasteiger partial charge in [-0.15, -0.1) is 0 Å². The lowest BCUT2D eigenvalue weighted by Gasteiger charge is -2.22. The fourth-order valence-corrected chi connectivity index (χ4v) is 0.914. The molecule has 0 aliphatic rings. The molecule has 0 saturated carbocycles. The maximum atomic E-state index is 12.9. The van der Waals surface area contributed by atoms with Crippen molar-refractivity contribution < 1.29 is 38.3 Å². The van der Waals surface area contributed by atoms with Gasteiger partial charge in [-0.1, -0.05) is 0 Å². The highest BCUT2D eigenvalue weighted by molar-refractivity contribution is 7.46. The molecule has 9 heteroatoms. The third kappa shape index (κ3) is 4.75. The lowest BCUT2D eigenvalue weighted by atomic mass is 10.1. The second-order valence-corrected chi connectivity index (χ2v) is 3.84. The maximum absolute atomic E-state index is 12.9. The molecule has 0 spiro atoms. The van der Waals surface area contributed by atoms with Crippen LogP contribution in [0.15, 0.2) is 0 Å². The number of aliphatic hydroxyl groups is 2. The summed E-state index contributed by atoms with van der Waals surface area (Å²) in [5, 5.41) is 17.5. The van der Waals surface area contributed by atoms with Gasteiger partial charge < -0.3 is 20.0 Å². The van der Waals surface area contributed by atoms with Crippen LogP contribution in [0.2, 0.25) is 0 Å². The van der Waals surface area contributed by atoms with Crippen LogP contribution in [0.4, 0.5) is 4.39 Å². The van der Waals surface area contributed by atoms with Crippen LogP contribution in [-0.2, 0) is 13.9 Å². The largest absolute Gasteiger partial charge is 0.469 e. The summed E-state index contributed by atoms with van der Waals surface area (Å²) in [6.45, 7) is -0.704. The predicted octanol–water partition coefficient (Wildman–Crippen LogP) is -1.30. The van der Waals surface area contributed by atoms with E-state index in [9.17, 15) is 13.8 Å². The maximum Gasteiger partial charge on any atom is 0.469 e. The van der Waals surface area contributed by atoms with E-state index >= 15 is 0 Å². The monoisotopic (exact) mass is 232 g/mol. The molecular weight excluding hydrogens is 222 g/mol. The molecule has 0 bridgehead atoms. The number of hydrogen-bond acceptors (Lipinski definition) is 5. The van der Waals surface area contributed by atoms with Crippen LogP contribution in [0.25, 0.3) is 0 Å². The average Bonchev–Trinajstić information content (AvgIpc) is 1.98. The average molecular weight is 232 g/mol. The molecule has 2 atom stereocenters. The van der Waals surface area contributed by atoms with Crippen LogP contribution in [-0.4, -0.2) is 44.3 Å². The molecule has 0 unspecified atom stereocenters. The zero-order valence-electron chi connectivity index (χ0n) is 7.12. The van der Waals surface area contributed by atoms with E-state index in [-0.39, 0.29) is 0 Å². The quantitative estimate of drug-likeness (QED) is 0.434. The Kier molecular flexibility index (Phi) is 4.32. The normalized spacial score (nSPS) is 18.7. The van der Waals surface area contributed by atoms with Gasteiger partial charge in [0.25, 0.3) is 5.85 Å².